The lowest BCUT2D eigenvalue weighted by Gasteiger charge is -2.31. The lowest BCUT2D eigenvalue weighted by atomic mass is 10.1. The van der Waals surface area contributed by atoms with Crippen molar-refractivity contribution in [2.75, 3.05) is 33.4 Å². The molecule has 0 bridgehead atoms. The van der Waals surface area contributed by atoms with Gasteiger partial charge >= 0.3 is 0 Å². The zero-order chi connectivity index (χ0) is 17.6. The summed E-state index contributed by atoms with van der Waals surface area (Å²) in [6.07, 6.45) is 3.23. The molecule has 25 heavy (non-hydrogen) atoms. The molecule has 1 saturated carbocycles. The minimum Gasteiger partial charge on any atom is -0.492 e. The van der Waals surface area contributed by atoms with Gasteiger partial charge < -0.3 is 14.8 Å². The van der Waals surface area contributed by atoms with Crippen molar-refractivity contribution in [2.45, 2.75) is 38.8 Å². The molecule has 1 aliphatic heterocycles. The lowest BCUT2D eigenvalue weighted by molar-refractivity contribution is -0.122. The van der Waals surface area contributed by atoms with Crippen LogP contribution in [0.2, 0.25) is 0 Å². The monoisotopic (exact) mass is 346 g/mol. The zero-order valence-electron chi connectivity index (χ0n) is 15.4. The highest BCUT2D eigenvalue weighted by atomic mass is 16.5. The molecule has 0 unspecified atom stereocenters. The molecule has 1 aliphatic carbocycles. The van der Waals surface area contributed by atoms with E-state index in [4.69, 9.17) is 9.47 Å². The summed E-state index contributed by atoms with van der Waals surface area (Å²) in [5.41, 5.74) is 1.08. The summed E-state index contributed by atoms with van der Waals surface area (Å²) in [7, 11) is 2.16. The van der Waals surface area contributed by atoms with Gasteiger partial charge in [-0.2, -0.15) is 0 Å². The van der Waals surface area contributed by atoms with Crippen LogP contribution in [-0.2, 0) is 16.1 Å². The molecule has 1 aromatic rings. The van der Waals surface area contributed by atoms with Gasteiger partial charge in [-0.15, -0.1) is 0 Å². The van der Waals surface area contributed by atoms with Crippen LogP contribution < -0.4 is 10.1 Å². The number of hydrogen-bond acceptors (Lipinski definition) is 4. The molecule has 5 nitrogen and oxygen atoms in total. The minimum atomic E-state index is 0.178. The maximum Gasteiger partial charge on any atom is 0.223 e. The Labute approximate surface area is 150 Å². The number of rotatable bonds is 8. The van der Waals surface area contributed by atoms with E-state index in [2.05, 4.69) is 24.2 Å². The van der Waals surface area contributed by atoms with Crippen molar-refractivity contribution in [2.24, 2.45) is 11.8 Å². The van der Waals surface area contributed by atoms with Gasteiger partial charge in [-0.3, -0.25) is 9.69 Å². The molecule has 2 atom stereocenters. The molecule has 0 aromatic heterocycles. The summed E-state index contributed by atoms with van der Waals surface area (Å²) in [5.74, 6) is 1.81. The molecule has 1 saturated heterocycles. The summed E-state index contributed by atoms with van der Waals surface area (Å²) in [5, 5.41) is 3.02. The second-order valence-electron chi connectivity index (χ2n) is 7.36. The normalized spacial score (nSPS) is 23.5. The van der Waals surface area contributed by atoms with Crippen LogP contribution in [-0.4, -0.2) is 50.3 Å². The van der Waals surface area contributed by atoms with E-state index >= 15 is 0 Å². The molecule has 2 aliphatic rings. The molecule has 0 spiro atoms. The van der Waals surface area contributed by atoms with Gasteiger partial charge in [-0.25, -0.2) is 0 Å². The molecule has 3 rings (SSSR count). The Hall–Kier alpha value is -1.59. The summed E-state index contributed by atoms with van der Waals surface area (Å²) < 4.78 is 11.3. The fourth-order valence-corrected chi connectivity index (χ4v) is 3.37. The number of carbonyl (C=O) groups is 1. The van der Waals surface area contributed by atoms with Gasteiger partial charge in [0.15, 0.2) is 0 Å². The van der Waals surface area contributed by atoms with Crippen molar-refractivity contribution in [1.82, 2.24) is 10.2 Å². The lowest BCUT2D eigenvalue weighted by Crippen LogP contribution is -2.38. The molecular weight excluding hydrogens is 316 g/mol. The number of benzene rings is 1. The van der Waals surface area contributed by atoms with E-state index in [0.717, 1.165) is 50.3 Å². The van der Waals surface area contributed by atoms with Gasteiger partial charge in [-0.05, 0) is 49.9 Å². The molecule has 1 N–H and O–H groups in total. The average molecular weight is 346 g/mol. The number of ether oxygens (including phenoxy) is 2. The first kappa shape index (κ1) is 18.2. The van der Waals surface area contributed by atoms with Crippen molar-refractivity contribution in [1.29, 1.82) is 0 Å². The van der Waals surface area contributed by atoms with E-state index in [-0.39, 0.29) is 11.8 Å². The van der Waals surface area contributed by atoms with E-state index in [1.165, 1.54) is 0 Å². The van der Waals surface area contributed by atoms with Crippen LogP contribution in [0.3, 0.4) is 0 Å². The zero-order valence-corrected chi connectivity index (χ0v) is 15.4. The Kier molecular flexibility index (Phi) is 6.32. The first-order valence-corrected chi connectivity index (χ1v) is 9.41. The van der Waals surface area contributed by atoms with E-state index in [1.54, 1.807) is 0 Å². The number of nitrogens with one attached hydrogen (secondary N) is 1. The number of carbonyl (C=O) groups excluding carboxylic acids is 1. The maximum absolute atomic E-state index is 11.9. The molecule has 5 heteroatoms. The summed E-state index contributed by atoms with van der Waals surface area (Å²) in [6.45, 7) is 6.00. The number of amides is 1. The van der Waals surface area contributed by atoms with Gasteiger partial charge in [-0.1, -0.05) is 19.1 Å². The summed E-state index contributed by atoms with van der Waals surface area (Å²) in [4.78, 5) is 14.3. The molecular formula is C20H30N2O3. The van der Waals surface area contributed by atoms with Gasteiger partial charge in [0.1, 0.15) is 12.4 Å². The second kappa shape index (κ2) is 8.68. The number of likely N-dealkylation sites (N-methyl/N-ethyl adjacent to an activating group) is 1. The van der Waals surface area contributed by atoms with Crippen LogP contribution in [0.15, 0.2) is 24.3 Å². The van der Waals surface area contributed by atoms with Crippen LogP contribution in [0.5, 0.6) is 5.75 Å². The summed E-state index contributed by atoms with van der Waals surface area (Å²) in [6, 6.07) is 8.60. The Morgan fingerprint density at radius 3 is 2.84 bits per heavy atom. The van der Waals surface area contributed by atoms with Crippen molar-refractivity contribution >= 4 is 5.91 Å². The van der Waals surface area contributed by atoms with Crippen LogP contribution >= 0.6 is 0 Å². The standard InChI is InChI=1S/C20H30N2O3/c1-15-12-19(15)20(23)21-14-16-4-3-5-18(13-16)25-11-8-22(2)17-6-9-24-10-7-17/h3-5,13,15,17,19H,6-12,14H2,1-2H3,(H,21,23)/t15-,19-/m0/s1. The Bertz CT molecular complexity index is 572. The van der Waals surface area contributed by atoms with E-state index in [1.807, 2.05) is 24.3 Å². The van der Waals surface area contributed by atoms with Crippen molar-refractivity contribution in [3.05, 3.63) is 29.8 Å². The third kappa shape index (κ3) is 5.44. The highest BCUT2D eigenvalue weighted by Crippen LogP contribution is 2.37. The maximum atomic E-state index is 11.9. The van der Waals surface area contributed by atoms with Crippen LogP contribution in [0.1, 0.15) is 31.7 Å². The number of nitrogens with zero attached hydrogens (tertiary/aromatic N) is 1. The predicted octanol–water partition coefficient (Wildman–Crippen LogP) is 2.45. The van der Waals surface area contributed by atoms with Crippen LogP contribution in [0, 0.1) is 11.8 Å². The van der Waals surface area contributed by atoms with Gasteiger partial charge in [0.2, 0.25) is 5.91 Å². The van der Waals surface area contributed by atoms with Crippen LogP contribution in [0.25, 0.3) is 0 Å². The first-order valence-electron chi connectivity index (χ1n) is 9.41. The van der Waals surface area contributed by atoms with Gasteiger partial charge in [0.25, 0.3) is 0 Å². The molecule has 2 fully saturated rings. The largest absolute Gasteiger partial charge is 0.492 e. The quantitative estimate of drug-likeness (QED) is 0.786. The topological polar surface area (TPSA) is 50.8 Å². The average Bonchev–Trinajstić information content (AvgIpc) is 3.37. The fourth-order valence-electron chi connectivity index (χ4n) is 3.37. The highest BCUT2D eigenvalue weighted by Gasteiger charge is 2.38. The van der Waals surface area contributed by atoms with E-state index in [9.17, 15) is 4.79 Å². The van der Waals surface area contributed by atoms with Crippen molar-refractivity contribution in [3.63, 3.8) is 0 Å². The van der Waals surface area contributed by atoms with Gasteiger partial charge in [0, 0.05) is 38.3 Å². The number of hydrogen-bond donors (Lipinski definition) is 1. The van der Waals surface area contributed by atoms with Crippen molar-refractivity contribution in [3.8, 4) is 5.75 Å². The fraction of sp³-hybridized carbons (Fsp3) is 0.650. The molecule has 1 heterocycles. The first-order chi connectivity index (χ1) is 12.1. The van der Waals surface area contributed by atoms with Crippen LogP contribution in [0.4, 0.5) is 0 Å². The Morgan fingerprint density at radius 1 is 1.36 bits per heavy atom. The molecule has 0 radical (unpaired) electrons. The van der Waals surface area contributed by atoms with E-state index < -0.39 is 0 Å². The third-order valence-electron chi connectivity index (χ3n) is 5.34. The molecule has 1 aromatic carbocycles. The molecule has 1 amide bonds. The van der Waals surface area contributed by atoms with Crippen molar-refractivity contribution < 1.29 is 14.3 Å². The van der Waals surface area contributed by atoms with E-state index in [0.29, 0.717) is 25.1 Å². The second-order valence-corrected chi connectivity index (χ2v) is 7.36. The SMILES string of the molecule is C[C@H]1C[C@@H]1C(=O)NCc1cccc(OCCN(C)C2CCOCC2)c1. The Balaban J connectivity index is 1.39. The van der Waals surface area contributed by atoms with Gasteiger partial charge in [0.05, 0.1) is 0 Å². The smallest absolute Gasteiger partial charge is 0.223 e. The molecule has 138 valence electrons. The summed E-state index contributed by atoms with van der Waals surface area (Å²) >= 11 is 0. The minimum absolute atomic E-state index is 0.178. The Morgan fingerprint density at radius 2 is 2.12 bits per heavy atom. The third-order valence-corrected chi connectivity index (χ3v) is 5.34. The predicted molar refractivity (Wildman–Crippen MR) is 97.5 cm³/mol. The highest BCUT2D eigenvalue weighted by molar-refractivity contribution is 5.81.